The predicted molar refractivity (Wildman–Crippen MR) is 53.5 cm³/mol. The first-order valence-corrected chi connectivity index (χ1v) is 5.56. The van der Waals surface area contributed by atoms with Gasteiger partial charge < -0.3 is 9.84 Å². The lowest BCUT2D eigenvalue weighted by Crippen LogP contribution is -2.06. The van der Waals surface area contributed by atoms with Crippen molar-refractivity contribution in [3.8, 4) is 0 Å². The molecule has 0 unspecified atom stereocenters. The van der Waals surface area contributed by atoms with Gasteiger partial charge in [0.1, 0.15) is 0 Å². The number of rotatable bonds is 6. The molecular formula is C8H15N3OS. The Hall–Kier alpha value is -0.550. The van der Waals surface area contributed by atoms with Crippen molar-refractivity contribution in [2.45, 2.75) is 25.6 Å². The van der Waals surface area contributed by atoms with Gasteiger partial charge >= 0.3 is 0 Å². The first-order valence-electron chi connectivity index (χ1n) is 4.40. The van der Waals surface area contributed by atoms with Crippen molar-refractivity contribution >= 4 is 11.8 Å². The van der Waals surface area contributed by atoms with Crippen molar-refractivity contribution in [1.29, 1.82) is 0 Å². The number of nitrogens with zero attached hydrogens (tertiary/aromatic N) is 2. The van der Waals surface area contributed by atoms with E-state index in [9.17, 15) is 0 Å². The molecule has 1 N–H and O–H groups in total. The van der Waals surface area contributed by atoms with Gasteiger partial charge in [-0.3, -0.25) is 0 Å². The third-order valence-corrected chi connectivity index (χ3v) is 2.57. The van der Waals surface area contributed by atoms with E-state index in [4.69, 9.17) is 4.52 Å². The van der Waals surface area contributed by atoms with Crippen molar-refractivity contribution < 1.29 is 4.52 Å². The highest BCUT2D eigenvalue weighted by Gasteiger charge is 2.04. The van der Waals surface area contributed by atoms with Gasteiger partial charge in [-0.25, -0.2) is 0 Å². The summed E-state index contributed by atoms with van der Waals surface area (Å²) in [6.07, 6.45) is 1.18. The molecule has 0 aliphatic rings. The summed E-state index contributed by atoms with van der Waals surface area (Å²) in [5, 5.41) is 6.80. The smallest absolute Gasteiger partial charge is 0.236 e. The Morgan fingerprint density at radius 3 is 3.08 bits per heavy atom. The zero-order valence-corrected chi connectivity index (χ0v) is 8.86. The Bertz CT molecular complexity index is 239. The summed E-state index contributed by atoms with van der Waals surface area (Å²) in [5.74, 6) is 3.42. The van der Waals surface area contributed by atoms with Crippen LogP contribution in [0.1, 0.15) is 25.1 Å². The molecule has 0 aliphatic heterocycles. The molecule has 0 saturated heterocycles. The van der Waals surface area contributed by atoms with Crippen molar-refractivity contribution in [3.05, 3.63) is 11.7 Å². The van der Waals surface area contributed by atoms with Gasteiger partial charge in [-0.1, -0.05) is 12.1 Å². The molecule has 0 aliphatic carbocycles. The molecule has 1 rings (SSSR count). The van der Waals surface area contributed by atoms with Gasteiger partial charge in [-0.2, -0.15) is 16.7 Å². The SMILES string of the molecule is CCCSCc1nc(CNC)no1. The van der Waals surface area contributed by atoms with Gasteiger partial charge in [0.2, 0.25) is 5.89 Å². The van der Waals surface area contributed by atoms with Crippen molar-refractivity contribution in [1.82, 2.24) is 15.5 Å². The Morgan fingerprint density at radius 2 is 2.38 bits per heavy atom. The highest BCUT2D eigenvalue weighted by Crippen LogP contribution is 2.10. The van der Waals surface area contributed by atoms with E-state index in [1.54, 1.807) is 0 Å². The highest BCUT2D eigenvalue weighted by molar-refractivity contribution is 7.98. The number of nitrogens with one attached hydrogen (secondary N) is 1. The van der Waals surface area contributed by atoms with E-state index in [0.717, 1.165) is 23.2 Å². The molecular weight excluding hydrogens is 186 g/mol. The second-order valence-electron chi connectivity index (χ2n) is 2.69. The largest absolute Gasteiger partial charge is 0.338 e. The summed E-state index contributed by atoms with van der Waals surface area (Å²) >= 11 is 1.82. The van der Waals surface area contributed by atoms with E-state index in [2.05, 4.69) is 22.4 Å². The standard InChI is InChI=1S/C8H15N3OS/c1-3-4-13-6-8-10-7(5-9-2)11-12-8/h9H,3-6H2,1-2H3. The van der Waals surface area contributed by atoms with Crippen LogP contribution in [0.4, 0.5) is 0 Å². The fraction of sp³-hybridized carbons (Fsp3) is 0.750. The van der Waals surface area contributed by atoms with Crippen LogP contribution < -0.4 is 5.32 Å². The summed E-state index contributed by atoms with van der Waals surface area (Å²) < 4.78 is 5.04. The fourth-order valence-electron chi connectivity index (χ4n) is 0.883. The second kappa shape index (κ2) is 5.99. The van der Waals surface area contributed by atoms with Gasteiger partial charge in [0.05, 0.1) is 12.3 Å². The van der Waals surface area contributed by atoms with Crippen LogP contribution in [0.3, 0.4) is 0 Å². The number of hydrogen-bond donors (Lipinski definition) is 1. The molecule has 0 radical (unpaired) electrons. The molecule has 13 heavy (non-hydrogen) atoms. The van der Waals surface area contributed by atoms with Crippen LogP contribution in [0.2, 0.25) is 0 Å². The predicted octanol–water partition coefficient (Wildman–Crippen LogP) is 1.43. The minimum atomic E-state index is 0.669. The molecule has 1 aromatic rings. The molecule has 0 bridgehead atoms. The maximum atomic E-state index is 5.04. The van der Waals surface area contributed by atoms with Gasteiger partial charge in [-0.15, -0.1) is 0 Å². The molecule has 1 heterocycles. The highest BCUT2D eigenvalue weighted by atomic mass is 32.2. The van der Waals surface area contributed by atoms with E-state index in [-0.39, 0.29) is 0 Å². The zero-order valence-electron chi connectivity index (χ0n) is 8.04. The third kappa shape index (κ3) is 3.78. The quantitative estimate of drug-likeness (QED) is 0.706. The second-order valence-corrected chi connectivity index (χ2v) is 3.79. The lowest BCUT2D eigenvalue weighted by Gasteiger charge is -1.91. The van der Waals surface area contributed by atoms with Crippen molar-refractivity contribution in [2.24, 2.45) is 0 Å². The number of hydrogen-bond acceptors (Lipinski definition) is 5. The van der Waals surface area contributed by atoms with Crippen molar-refractivity contribution in [2.75, 3.05) is 12.8 Å². The minimum Gasteiger partial charge on any atom is -0.338 e. The lowest BCUT2D eigenvalue weighted by atomic mass is 10.6. The van der Waals surface area contributed by atoms with E-state index >= 15 is 0 Å². The van der Waals surface area contributed by atoms with Gasteiger partial charge in [0.25, 0.3) is 0 Å². The Kier molecular flexibility index (Phi) is 4.85. The molecule has 74 valence electrons. The average molecular weight is 201 g/mol. The summed E-state index contributed by atoms with van der Waals surface area (Å²) in [4.78, 5) is 4.21. The molecule has 0 saturated carbocycles. The normalized spacial score (nSPS) is 10.6. The van der Waals surface area contributed by atoms with E-state index in [1.165, 1.54) is 6.42 Å². The lowest BCUT2D eigenvalue weighted by molar-refractivity contribution is 0.384. The molecule has 4 nitrogen and oxygen atoms in total. The van der Waals surface area contributed by atoms with Gasteiger partial charge in [-0.05, 0) is 19.2 Å². The summed E-state index contributed by atoms with van der Waals surface area (Å²) in [7, 11) is 1.86. The topological polar surface area (TPSA) is 51.0 Å². The minimum absolute atomic E-state index is 0.669. The molecule has 0 aromatic carbocycles. The Morgan fingerprint density at radius 1 is 1.54 bits per heavy atom. The van der Waals surface area contributed by atoms with E-state index < -0.39 is 0 Å². The van der Waals surface area contributed by atoms with Crippen LogP contribution in [0.15, 0.2) is 4.52 Å². The van der Waals surface area contributed by atoms with Crippen LogP contribution in [-0.2, 0) is 12.3 Å². The summed E-state index contributed by atoms with van der Waals surface area (Å²) in [6, 6.07) is 0. The third-order valence-electron chi connectivity index (χ3n) is 1.42. The van der Waals surface area contributed by atoms with Crippen LogP contribution >= 0.6 is 11.8 Å². The molecule has 0 amide bonds. The molecule has 0 fully saturated rings. The number of thioether (sulfide) groups is 1. The van der Waals surface area contributed by atoms with Crippen LogP contribution in [0, 0.1) is 0 Å². The Labute approximate surface area is 82.5 Å². The molecule has 5 heteroatoms. The van der Waals surface area contributed by atoms with Crippen molar-refractivity contribution in [3.63, 3.8) is 0 Å². The Balaban J connectivity index is 2.31. The van der Waals surface area contributed by atoms with Crippen LogP contribution in [0.5, 0.6) is 0 Å². The molecule has 1 aromatic heterocycles. The summed E-state index contributed by atoms with van der Waals surface area (Å²) in [5.41, 5.74) is 0. The first kappa shape index (κ1) is 10.5. The molecule has 0 spiro atoms. The number of aromatic nitrogens is 2. The maximum Gasteiger partial charge on any atom is 0.236 e. The molecule has 0 atom stereocenters. The van der Waals surface area contributed by atoms with Crippen LogP contribution in [-0.4, -0.2) is 22.9 Å². The van der Waals surface area contributed by atoms with Gasteiger partial charge in [0.15, 0.2) is 5.82 Å². The monoisotopic (exact) mass is 201 g/mol. The van der Waals surface area contributed by atoms with E-state index in [1.807, 2.05) is 18.8 Å². The maximum absolute atomic E-state index is 5.04. The zero-order chi connectivity index (χ0) is 9.52. The fourth-order valence-corrected chi connectivity index (χ4v) is 1.61. The average Bonchev–Trinajstić information content (AvgIpc) is 2.54. The van der Waals surface area contributed by atoms with Gasteiger partial charge in [0, 0.05) is 0 Å². The summed E-state index contributed by atoms with van der Waals surface area (Å²) in [6.45, 7) is 2.83. The first-order chi connectivity index (χ1) is 6.36. The van der Waals surface area contributed by atoms with Crippen LogP contribution in [0.25, 0.3) is 0 Å². The van der Waals surface area contributed by atoms with E-state index in [0.29, 0.717) is 6.54 Å².